The molecule has 1 aromatic heterocycles. The number of tetrazole rings is 1. The van der Waals surface area contributed by atoms with Gasteiger partial charge in [0.2, 0.25) is 11.7 Å². The molecule has 1 heterocycles. The van der Waals surface area contributed by atoms with E-state index in [2.05, 4.69) is 20.7 Å². The van der Waals surface area contributed by atoms with Crippen LogP contribution in [0, 0.1) is 5.82 Å². The van der Waals surface area contributed by atoms with Crippen molar-refractivity contribution in [3.63, 3.8) is 0 Å². The van der Waals surface area contributed by atoms with E-state index in [0.717, 1.165) is 6.42 Å². The van der Waals surface area contributed by atoms with Crippen LogP contribution in [-0.2, 0) is 16.1 Å². The van der Waals surface area contributed by atoms with Crippen molar-refractivity contribution in [2.24, 2.45) is 0 Å². The Morgan fingerprint density at radius 3 is 2.86 bits per heavy atom. The van der Waals surface area contributed by atoms with Crippen LogP contribution in [0.1, 0.15) is 13.3 Å². The van der Waals surface area contributed by atoms with Crippen LogP contribution < -0.4 is 5.32 Å². The maximum atomic E-state index is 12.9. The van der Waals surface area contributed by atoms with Gasteiger partial charge in [-0.1, -0.05) is 0 Å². The number of hydrogen-bond donors (Lipinski definition) is 1. The van der Waals surface area contributed by atoms with Gasteiger partial charge in [-0.25, -0.2) is 4.39 Å². The third kappa shape index (κ3) is 4.88. The van der Waals surface area contributed by atoms with E-state index in [1.807, 2.05) is 6.92 Å². The molecule has 0 aliphatic rings. The zero-order valence-electron chi connectivity index (χ0n) is 12.3. The van der Waals surface area contributed by atoms with E-state index in [-0.39, 0.29) is 18.3 Å². The average Bonchev–Trinajstić information content (AvgIpc) is 2.96. The fraction of sp³-hybridized carbons (Fsp3) is 0.429. The van der Waals surface area contributed by atoms with Crippen molar-refractivity contribution >= 4 is 5.91 Å². The molecule has 0 saturated carbocycles. The maximum Gasteiger partial charge on any atom is 0.243 e. The number of hydrogen-bond acceptors (Lipinski definition) is 5. The zero-order valence-corrected chi connectivity index (χ0v) is 12.3. The summed E-state index contributed by atoms with van der Waals surface area (Å²) in [5.74, 6) is -0.175. The van der Waals surface area contributed by atoms with Crippen molar-refractivity contribution in [2.45, 2.75) is 19.9 Å². The monoisotopic (exact) mass is 307 g/mol. The molecule has 0 bridgehead atoms. The Morgan fingerprint density at radius 1 is 1.36 bits per heavy atom. The van der Waals surface area contributed by atoms with Crippen molar-refractivity contribution < 1.29 is 13.9 Å². The Balaban J connectivity index is 1.81. The first-order chi connectivity index (χ1) is 10.7. The Kier molecular flexibility index (Phi) is 5.96. The van der Waals surface area contributed by atoms with Gasteiger partial charge in [-0.3, -0.25) is 4.79 Å². The lowest BCUT2D eigenvalue weighted by molar-refractivity contribution is -0.122. The van der Waals surface area contributed by atoms with Gasteiger partial charge in [0.15, 0.2) is 0 Å². The topological polar surface area (TPSA) is 81.9 Å². The quantitative estimate of drug-likeness (QED) is 0.736. The molecular formula is C14H18FN5O2. The minimum atomic E-state index is -0.331. The molecule has 2 rings (SSSR count). The van der Waals surface area contributed by atoms with Gasteiger partial charge in [0.25, 0.3) is 0 Å². The predicted octanol–water partition coefficient (Wildman–Crippen LogP) is 1.02. The normalized spacial score (nSPS) is 10.6. The first-order valence-electron chi connectivity index (χ1n) is 7.07. The van der Waals surface area contributed by atoms with Gasteiger partial charge in [-0.2, -0.15) is 4.80 Å². The van der Waals surface area contributed by atoms with E-state index in [1.54, 1.807) is 12.1 Å². The average molecular weight is 307 g/mol. The Morgan fingerprint density at radius 2 is 2.14 bits per heavy atom. The zero-order chi connectivity index (χ0) is 15.8. The number of benzene rings is 1. The van der Waals surface area contributed by atoms with Crippen molar-refractivity contribution in [3.05, 3.63) is 30.1 Å². The van der Waals surface area contributed by atoms with Crippen molar-refractivity contribution in [1.29, 1.82) is 0 Å². The van der Waals surface area contributed by atoms with E-state index in [1.165, 1.54) is 16.9 Å². The molecule has 2 aromatic rings. The lowest BCUT2D eigenvalue weighted by Gasteiger charge is -2.04. The summed E-state index contributed by atoms with van der Waals surface area (Å²) in [4.78, 5) is 12.9. The summed E-state index contributed by atoms with van der Waals surface area (Å²) in [6, 6.07) is 5.76. The Bertz CT molecular complexity index is 600. The standard InChI is InChI=1S/C14H18FN5O2/c1-2-22-9-3-8-16-13(21)10-20-18-14(17-19-20)11-4-6-12(15)7-5-11/h4-7H,2-3,8-10H2,1H3,(H,16,21). The molecule has 0 radical (unpaired) electrons. The molecule has 1 aromatic carbocycles. The van der Waals surface area contributed by atoms with E-state index >= 15 is 0 Å². The van der Waals surface area contributed by atoms with Crippen molar-refractivity contribution in [1.82, 2.24) is 25.5 Å². The fourth-order valence-corrected chi connectivity index (χ4v) is 1.76. The van der Waals surface area contributed by atoms with Gasteiger partial charge in [0.1, 0.15) is 12.4 Å². The molecule has 0 saturated heterocycles. The second-order valence-electron chi connectivity index (χ2n) is 4.55. The number of carbonyl (C=O) groups excluding carboxylic acids is 1. The van der Waals surface area contributed by atoms with Crippen LogP contribution in [0.25, 0.3) is 11.4 Å². The summed E-state index contributed by atoms with van der Waals surface area (Å²) in [7, 11) is 0. The molecule has 1 N–H and O–H groups in total. The van der Waals surface area contributed by atoms with Crippen LogP contribution in [0.5, 0.6) is 0 Å². The van der Waals surface area contributed by atoms with Gasteiger partial charge in [0.05, 0.1) is 0 Å². The molecule has 0 aliphatic heterocycles. The third-order valence-corrected chi connectivity index (χ3v) is 2.83. The van der Waals surface area contributed by atoms with Gasteiger partial charge in [0, 0.05) is 25.3 Å². The molecule has 1 amide bonds. The highest BCUT2D eigenvalue weighted by Gasteiger charge is 2.09. The number of carbonyl (C=O) groups is 1. The number of aromatic nitrogens is 4. The highest BCUT2D eigenvalue weighted by atomic mass is 19.1. The summed E-state index contributed by atoms with van der Waals surface area (Å²) in [6.45, 7) is 3.74. The fourth-order valence-electron chi connectivity index (χ4n) is 1.76. The summed E-state index contributed by atoms with van der Waals surface area (Å²) in [5, 5.41) is 14.5. The van der Waals surface area contributed by atoms with Crippen LogP contribution in [0.2, 0.25) is 0 Å². The molecule has 0 spiro atoms. The highest BCUT2D eigenvalue weighted by Crippen LogP contribution is 2.13. The number of rotatable bonds is 8. The number of amides is 1. The third-order valence-electron chi connectivity index (χ3n) is 2.83. The number of halogens is 1. The molecule has 8 heteroatoms. The van der Waals surface area contributed by atoms with Gasteiger partial charge >= 0.3 is 0 Å². The Hall–Kier alpha value is -2.35. The molecule has 0 unspecified atom stereocenters. The van der Waals surface area contributed by atoms with E-state index < -0.39 is 0 Å². The smallest absolute Gasteiger partial charge is 0.243 e. The lowest BCUT2D eigenvalue weighted by Crippen LogP contribution is -2.29. The molecule has 7 nitrogen and oxygen atoms in total. The summed E-state index contributed by atoms with van der Waals surface area (Å²) in [5.41, 5.74) is 0.643. The number of ether oxygens (including phenoxy) is 1. The predicted molar refractivity (Wildman–Crippen MR) is 77.3 cm³/mol. The summed E-state index contributed by atoms with van der Waals surface area (Å²) in [6.07, 6.45) is 0.755. The van der Waals surface area contributed by atoms with Crippen LogP contribution in [0.3, 0.4) is 0 Å². The highest BCUT2D eigenvalue weighted by molar-refractivity contribution is 5.75. The SMILES string of the molecule is CCOCCCNC(=O)Cn1nnc(-c2ccc(F)cc2)n1. The van der Waals surface area contributed by atoms with Crippen LogP contribution in [-0.4, -0.2) is 45.9 Å². The lowest BCUT2D eigenvalue weighted by atomic mass is 10.2. The van der Waals surface area contributed by atoms with Crippen LogP contribution in [0.4, 0.5) is 4.39 Å². The molecule has 118 valence electrons. The molecule has 0 atom stereocenters. The van der Waals surface area contributed by atoms with E-state index in [0.29, 0.717) is 31.1 Å². The van der Waals surface area contributed by atoms with E-state index in [9.17, 15) is 9.18 Å². The molecule has 0 aliphatic carbocycles. The van der Waals surface area contributed by atoms with Gasteiger partial charge < -0.3 is 10.1 Å². The molecule has 0 fully saturated rings. The number of nitrogens with zero attached hydrogens (tertiary/aromatic N) is 4. The summed E-state index contributed by atoms with van der Waals surface area (Å²) >= 11 is 0. The van der Waals surface area contributed by atoms with Crippen molar-refractivity contribution in [2.75, 3.05) is 19.8 Å². The van der Waals surface area contributed by atoms with Crippen LogP contribution >= 0.6 is 0 Å². The number of nitrogens with one attached hydrogen (secondary N) is 1. The summed E-state index contributed by atoms with van der Waals surface area (Å²) < 4.78 is 18.0. The van der Waals surface area contributed by atoms with Gasteiger partial charge in [-0.15, -0.1) is 10.2 Å². The largest absolute Gasteiger partial charge is 0.382 e. The molecular weight excluding hydrogens is 289 g/mol. The first kappa shape index (κ1) is 16.0. The van der Waals surface area contributed by atoms with E-state index in [4.69, 9.17) is 4.74 Å². The minimum absolute atomic E-state index is 0.0111. The van der Waals surface area contributed by atoms with Crippen LogP contribution in [0.15, 0.2) is 24.3 Å². The minimum Gasteiger partial charge on any atom is -0.382 e. The molecule has 22 heavy (non-hydrogen) atoms. The second kappa shape index (κ2) is 8.18. The Labute approximate surface area is 127 Å². The first-order valence-corrected chi connectivity index (χ1v) is 7.07. The maximum absolute atomic E-state index is 12.9. The van der Waals surface area contributed by atoms with Crippen molar-refractivity contribution in [3.8, 4) is 11.4 Å². The van der Waals surface area contributed by atoms with Gasteiger partial charge in [-0.05, 0) is 42.8 Å². The second-order valence-corrected chi connectivity index (χ2v) is 4.55.